The molecule has 3 rings (SSSR count). The van der Waals surface area contributed by atoms with Crippen LogP contribution in [0.25, 0.3) is 0 Å². The van der Waals surface area contributed by atoms with Crippen molar-refractivity contribution in [3.05, 3.63) is 65.7 Å². The number of phenols is 1. The molecule has 0 radical (unpaired) electrons. The Labute approximate surface area is 131 Å². The zero-order chi connectivity index (χ0) is 15.4. The van der Waals surface area contributed by atoms with Crippen LogP contribution in [0.2, 0.25) is 0 Å². The third kappa shape index (κ3) is 3.30. The topological polar surface area (TPSA) is 40.5 Å². The second kappa shape index (κ2) is 6.65. The maximum atomic E-state index is 12.5. The van der Waals surface area contributed by atoms with Gasteiger partial charge in [0.1, 0.15) is 5.75 Å². The zero-order valence-electron chi connectivity index (χ0n) is 12.6. The Morgan fingerprint density at radius 1 is 1.05 bits per heavy atom. The van der Waals surface area contributed by atoms with Crippen LogP contribution in [-0.4, -0.2) is 29.0 Å². The summed E-state index contributed by atoms with van der Waals surface area (Å²) in [6.07, 6.45) is 2.46. The van der Waals surface area contributed by atoms with Crippen LogP contribution in [0.4, 0.5) is 0 Å². The minimum Gasteiger partial charge on any atom is -0.508 e. The van der Waals surface area contributed by atoms with Gasteiger partial charge in [-0.1, -0.05) is 48.5 Å². The molecule has 3 heteroatoms. The molecule has 1 aliphatic rings. The number of hydrogen-bond donors (Lipinski definition) is 1. The van der Waals surface area contributed by atoms with Crippen LogP contribution in [0.1, 0.15) is 17.5 Å². The van der Waals surface area contributed by atoms with Crippen molar-refractivity contribution in [3.63, 3.8) is 0 Å². The molecular weight excluding hydrogens is 274 g/mol. The smallest absolute Gasteiger partial charge is 0.226 e. The summed E-state index contributed by atoms with van der Waals surface area (Å²) in [6.45, 7) is 1.51. The van der Waals surface area contributed by atoms with Crippen molar-refractivity contribution < 1.29 is 9.90 Å². The number of phenolic OH excluding ortho intramolecular Hbond substituents is 1. The lowest BCUT2D eigenvalue weighted by Crippen LogP contribution is -2.30. The van der Waals surface area contributed by atoms with E-state index >= 15 is 0 Å². The third-order valence-electron chi connectivity index (χ3n) is 4.38. The fraction of sp³-hybridized carbons (Fsp3) is 0.316. The average molecular weight is 295 g/mol. The molecule has 0 aromatic heterocycles. The van der Waals surface area contributed by atoms with E-state index in [0.29, 0.717) is 18.7 Å². The lowest BCUT2D eigenvalue weighted by molar-refractivity contribution is -0.130. The van der Waals surface area contributed by atoms with Gasteiger partial charge in [-0.2, -0.15) is 0 Å². The fourth-order valence-corrected chi connectivity index (χ4v) is 3.09. The quantitative estimate of drug-likeness (QED) is 0.921. The fourth-order valence-electron chi connectivity index (χ4n) is 3.09. The predicted octanol–water partition coefficient (Wildman–Crippen LogP) is 3.03. The van der Waals surface area contributed by atoms with Gasteiger partial charge < -0.3 is 10.0 Å². The molecule has 2 aromatic carbocycles. The highest BCUT2D eigenvalue weighted by Crippen LogP contribution is 2.23. The second-order valence-electron chi connectivity index (χ2n) is 5.88. The van der Waals surface area contributed by atoms with Crippen LogP contribution in [0.5, 0.6) is 5.75 Å². The highest BCUT2D eigenvalue weighted by atomic mass is 16.3. The molecule has 0 bridgehead atoms. The molecule has 1 fully saturated rings. The van der Waals surface area contributed by atoms with Gasteiger partial charge in [-0.25, -0.2) is 0 Å². The maximum absolute atomic E-state index is 12.5. The first kappa shape index (κ1) is 14.6. The van der Waals surface area contributed by atoms with Crippen LogP contribution >= 0.6 is 0 Å². The second-order valence-corrected chi connectivity index (χ2v) is 5.88. The van der Waals surface area contributed by atoms with E-state index in [9.17, 15) is 9.90 Å². The largest absolute Gasteiger partial charge is 0.508 e. The highest BCUT2D eigenvalue weighted by Gasteiger charge is 2.31. The van der Waals surface area contributed by atoms with E-state index in [1.807, 2.05) is 41.3 Å². The van der Waals surface area contributed by atoms with Crippen molar-refractivity contribution in [2.45, 2.75) is 19.3 Å². The normalized spacial score (nSPS) is 17.9. The Bertz CT molecular complexity index is 639. The number of likely N-dealkylation sites (tertiary alicyclic amines) is 1. The molecule has 1 N–H and O–H groups in total. The Hall–Kier alpha value is -2.29. The number of hydrogen-bond acceptors (Lipinski definition) is 2. The molecule has 1 atom stereocenters. The minimum atomic E-state index is 0.103. The summed E-state index contributed by atoms with van der Waals surface area (Å²) >= 11 is 0. The molecule has 0 aliphatic carbocycles. The van der Waals surface area contributed by atoms with Crippen LogP contribution < -0.4 is 0 Å². The Morgan fingerprint density at radius 3 is 2.55 bits per heavy atom. The molecule has 3 nitrogen and oxygen atoms in total. The van der Waals surface area contributed by atoms with Crippen LogP contribution in [0.15, 0.2) is 54.6 Å². The van der Waals surface area contributed by atoms with Gasteiger partial charge in [-0.3, -0.25) is 4.79 Å². The third-order valence-corrected chi connectivity index (χ3v) is 4.38. The van der Waals surface area contributed by atoms with Gasteiger partial charge in [0.05, 0.1) is 0 Å². The van der Waals surface area contributed by atoms with Crippen molar-refractivity contribution >= 4 is 5.91 Å². The molecule has 114 valence electrons. The molecule has 1 amide bonds. The van der Waals surface area contributed by atoms with Crippen molar-refractivity contribution in [3.8, 4) is 5.75 Å². The lowest BCUT2D eigenvalue weighted by atomic mass is 9.98. The molecule has 1 aliphatic heterocycles. The van der Waals surface area contributed by atoms with Crippen molar-refractivity contribution in [2.75, 3.05) is 13.1 Å². The molecule has 1 unspecified atom stereocenters. The number of carbonyl (C=O) groups excluding carboxylic acids is 1. The Balaban J connectivity index is 1.56. The predicted molar refractivity (Wildman–Crippen MR) is 86.6 cm³/mol. The summed E-state index contributed by atoms with van der Waals surface area (Å²) in [5, 5.41) is 9.79. The van der Waals surface area contributed by atoms with E-state index in [1.54, 1.807) is 6.07 Å². The number of carbonyl (C=O) groups is 1. The van der Waals surface area contributed by atoms with Gasteiger partial charge >= 0.3 is 0 Å². The van der Waals surface area contributed by atoms with Crippen molar-refractivity contribution in [1.29, 1.82) is 0 Å². The number of benzene rings is 2. The molecule has 0 saturated carbocycles. The average Bonchev–Trinajstić information content (AvgIpc) is 2.88. The van der Waals surface area contributed by atoms with Gasteiger partial charge in [0.2, 0.25) is 5.91 Å². The van der Waals surface area contributed by atoms with E-state index in [0.717, 1.165) is 24.9 Å². The number of nitrogens with zero attached hydrogens (tertiary/aromatic N) is 1. The first-order valence-electron chi connectivity index (χ1n) is 7.83. The molecular formula is C19H21NO2. The van der Waals surface area contributed by atoms with E-state index in [1.165, 1.54) is 5.56 Å². The standard InChI is InChI=1S/C19H21NO2/c21-18-9-5-4-8-16(18)10-12-20-13-11-17(19(20)22)14-15-6-2-1-3-7-15/h1-9,17,21H,10-14H2. The van der Waals surface area contributed by atoms with E-state index in [2.05, 4.69) is 12.1 Å². The van der Waals surface area contributed by atoms with E-state index < -0.39 is 0 Å². The SMILES string of the molecule is O=C1C(Cc2ccccc2)CCN1CCc1ccccc1O. The van der Waals surface area contributed by atoms with Crippen LogP contribution in [-0.2, 0) is 17.6 Å². The molecule has 0 spiro atoms. The zero-order valence-corrected chi connectivity index (χ0v) is 12.6. The lowest BCUT2D eigenvalue weighted by Gasteiger charge is -2.17. The number of amides is 1. The summed E-state index contributed by atoms with van der Waals surface area (Å²) in [5.74, 6) is 0.668. The number of rotatable bonds is 5. The summed E-state index contributed by atoms with van der Waals surface area (Å²) < 4.78 is 0. The van der Waals surface area contributed by atoms with Crippen LogP contribution in [0.3, 0.4) is 0 Å². The molecule has 22 heavy (non-hydrogen) atoms. The van der Waals surface area contributed by atoms with E-state index in [4.69, 9.17) is 0 Å². The van der Waals surface area contributed by atoms with Gasteiger partial charge in [-0.15, -0.1) is 0 Å². The van der Waals surface area contributed by atoms with Gasteiger partial charge in [0, 0.05) is 19.0 Å². The van der Waals surface area contributed by atoms with Gasteiger partial charge in [-0.05, 0) is 36.5 Å². The Kier molecular flexibility index (Phi) is 4.42. The summed E-state index contributed by atoms with van der Waals surface area (Å²) in [4.78, 5) is 14.4. The molecule has 2 aromatic rings. The maximum Gasteiger partial charge on any atom is 0.226 e. The van der Waals surface area contributed by atoms with Gasteiger partial charge in [0.25, 0.3) is 0 Å². The minimum absolute atomic E-state index is 0.103. The first-order valence-corrected chi connectivity index (χ1v) is 7.83. The van der Waals surface area contributed by atoms with Crippen molar-refractivity contribution in [1.82, 2.24) is 4.90 Å². The highest BCUT2D eigenvalue weighted by molar-refractivity contribution is 5.81. The molecule has 1 saturated heterocycles. The summed E-state index contributed by atoms with van der Waals surface area (Å²) in [7, 11) is 0. The van der Waals surface area contributed by atoms with Crippen LogP contribution in [0, 0.1) is 5.92 Å². The summed E-state index contributed by atoms with van der Waals surface area (Å²) in [6, 6.07) is 17.5. The molecule has 1 heterocycles. The monoisotopic (exact) mass is 295 g/mol. The number of aromatic hydroxyl groups is 1. The number of para-hydroxylation sites is 1. The first-order chi connectivity index (χ1) is 10.7. The van der Waals surface area contributed by atoms with Gasteiger partial charge in [0.15, 0.2) is 0 Å². The van der Waals surface area contributed by atoms with Crippen molar-refractivity contribution in [2.24, 2.45) is 5.92 Å². The summed E-state index contributed by atoms with van der Waals surface area (Å²) in [5.41, 5.74) is 2.13. The Morgan fingerprint density at radius 2 is 1.77 bits per heavy atom. The van der Waals surface area contributed by atoms with E-state index in [-0.39, 0.29) is 11.8 Å².